The zero-order valence-corrected chi connectivity index (χ0v) is 14.7. The SMILES string of the molecule is C/C=C/c1nn2ccccc2c1-c1ccc(F)cc1.CCC(=N)OC. The Labute approximate surface area is 147 Å². The third-order valence-electron chi connectivity index (χ3n) is 3.59. The van der Waals surface area contributed by atoms with Crippen molar-refractivity contribution in [1.82, 2.24) is 9.61 Å². The number of hydrogen-bond donors (Lipinski definition) is 1. The number of fused-ring (bicyclic) bond motifs is 1. The summed E-state index contributed by atoms with van der Waals surface area (Å²) in [5.41, 5.74) is 3.90. The van der Waals surface area contributed by atoms with E-state index in [1.807, 2.05) is 54.9 Å². The number of ether oxygens (including phenoxy) is 1. The molecule has 0 aliphatic carbocycles. The highest BCUT2D eigenvalue weighted by molar-refractivity contribution is 5.86. The van der Waals surface area contributed by atoms with Gasteiger partial charge in [0, 0.05) is 18.2 Å². The third kappa shape index (κ3) is 4.53. The van der Waals surface area contributed by atoms with E-state index in [-0.39, 0.29) is 5.82 Å². The van der Waals surface area contributed by atoms with Gasteiger partial charge in [0.05, 0.1) is 18.3 Å². The van der Waals surface area contributed by atoms with Gasteiger partial charge in [-0.25, -0.2) is 8.91 Å². The fourth-order valence-corrected chi connectivity index (χ4v) is 2.35. The number of nitrogens with one attached hydrogen (secondary N) is 1. The van der Waals surface area contributed by atoms with Crippen LogP contribution in [0.5, 0.6) is 0 Å². The molecule has 5 heteroatoms. The van der Waals surface area contributed by atoms with E-state index >= 15 is 0 Å². The summed E-state index contributed by atoms with van der Waals surface area (Å²) < 4.78 is 19.4. The van der Waals surface area contributed by atoms with Gasteiger partial charge in [-0.3, -0.25) is 5.41 Å². The van der Waals surface area contributed by atoms with Crippen LogP contribution in [0.3, 0.4) is 0 Å². The lowest BCUT2D eigenvalue weighted by Gasteiger charge is -2.01. The highest BCUT2D eigenvalue weighted by atomic mass is 19.1. The Morgan fingerprint density at radius 3 is 2.52 bits per heavy atom. The van der Waals surface area contributed by atoms with Crippen LogP contribution in [0.25, 0.3) is 22.7 Å². The minimum atomic E-state index is -0.229. The van der Waals surface area contributed by atoms with Crippen LogP contribution in [0.15, 0.2) is 54.7 Å². The molecule has 0 saturated heterocycles. The number of nitrogens with zero attached hydrogens (tertiary/aromatic N) is 2. The van der Waals surface area contributed by atoms with Gasteiger partial charge in [0.2, 0.25) is 0 Å². The number of methoxy groups -OCH3 is 1. The molecule has 0 fully saturated rings. The van der Waals surface area contributed by atoms with Crippen molar-refractivity contribution >= 4 is 17.5 Å². The Morgan fingerprint density at radius 2 is 1.96 bits per heavy atom. The second-order valence-corrected chi connectivity index (χ2v) is 5.28. The Morgan fingerprint density at radius 1 is 1.24 bits per heavy atom. The number of allylic oxidation sites excluding steroid dienone is 1. The topological polar surface area (TPSA) is 50.4 Å². The number of aromatic nitrogens is 2. The molecule has 0 radical (unpaired) electrons. The standard InChI is InChI=1S/C16H13FN2.C4H9NO/c1-2-5-14-16(12-7-9-13(17)10-8-12)15-6-3-4-11-19(15)18-14;1-3-4(5)6-2/h2-11H,1H3;5H,3H2,1-2H3/b5-2+;. The summed E-state index contributed by atoms with van der Waals surface area (Å²) in [5.74, 6) is 0.114. The molecule has 3 rings (SSSR count). The van der Waals surface area contributed by atoms with E-state index in [2.05, 4.69) is 9.84 Å². The molecule has 25 heavy (non-hydrogen) atoms. The molecule has 2 aromatic heterocycles. The van der Waals surface area contributed by atoms with Crippen molar-refractivity contribution in [2.24, 2.45) is 0 Å². The summed E-state index contributed by atoms with van der Waals surface area (Å²) in [6.45, 7) is 3.84. The summed E-state index contributed by atoms with van der Waals surface area (Å²) >= 11 is 0. The first kappa shape index (κ1) is 18.4. The van der Waals surface area contributed by atoms with Gasteiger partial charge >= 0.3 is 0 Å². The van der Waals surface area contributed by atoms with Crippen molar-refractivity contribution < 1.29 is 9.13 Å². The molecule has 0 unspecified atom stereocenters. The van der Waals surface area contributed by atoms with E-state index in [0.717, 1.165) is 22.3 Å². The van der Waals surface area contributed by atoms with Crippen LogP contribution in [0.1, 0.15) is 26.0 Å². The fourth-order valence-electron chi connectivity index (χ4n) is 2.35. The Bertz CT molecular complexity index is 860. The van der Waals surface area contributed by atoms with Crippen molar-refractivity contribution in [1.29, 1.82) is 5.41 Å². The molecule has 0 amide bonds. The molecule has 0 saturated carbocycles. The van der Waals surface area contributed by atoms with Gasteiger partial charge in [-0.2, -0.15) is 5.10 Å². The maximum atomic E-state index is 13.1. The maximum absolute atomic E-state index is 13.1. The van der Waals surface area contributed by atoms with Crippen LogP contribution >= 0.6 is 0 Å². The number of hydrogen-bond acceptors (Lipinski definition) is 3. The minimum Gasteiger partial charge on any atom is -0.484 e. The van der Waals surface area contributed by atoms with Crippen LogP contribution in [-0.2, 0) is 4.74 Å². The molecule has 1 aromatic carbocycles. The first-order chi connectivity index (χ1) is 12.1. The molecular formula is C20H22FN3O. The largest absolute Gasteiger partial charge is 0.484 e. The van der Waals surface area contributed by atoms with Gasteiger partial charge in [-0.05, 0) is 42.8 Å². The highest BCUT2D eigenvalue weighted by Gasteiger charge is 2.12. The van der Waals surface area contributed by atoms with Gasteiger partial charge in [-0.15, -0.1) is 0 Å². The van der Waals surface area contributed by atoms with Crippen molar-refractivity contribution in [3.63, 3.8) is 0 Å². The number of rotatable bonds is 3. The summed E-state index contributed by atoms with van der Waals surface area (Å²) in [6.07, 6.45) is 6.52. The zero-order chi connectivity index (χ0) is 18.2. The first-order valence-corrected chi connectivity index (χ1v) is 8.08. The van der Waals surface area contributed by atoms with Crippen LogP contribution < -0.4 is 0 Å². The second kappa shape index (κ2) is 8.78. The average Bonchev–Trinajstić information content (AvgIpc) is 3.00. The van der Waals surface area contributed by atoms with Gasteiger partial charge in [0.25, 0.3) is 0 Å². The zero-order valence-electron chi connectivity index (χ0n) is 14.7. The molecule has 2 heterocycles. The van der Waals surface area contributed by atoms with E-state index in [0.29, 0.717) is 12.3 Å². The highest BCUT2D eigenvalue weighted by Crippen LogP contribution is 2.29. The van der Waals surface area contributed by atoms with Gasteiger partial charge in [0.15, 0.2) is 5.90 Å². The van der Waals surface area contributed by atoms with E-state index in [4.69, 9.17) is 5.41 Å². The predicted octanol–water partition coefficient (Wildman–Crippen LogP) is 5.19. The fraction of sp³-hybridized carbons (Fsp3) is 0.200. The van der Waals surface area contributed by atoms with Gasteiger partial charge in [0.1, 0.15) is 5.82 Å². The minimum absolute atomic E-state index is 0.229. The lowest BCUT2D eigenvalue weighted by atomic mass is 10.0. The van der Waals surface area contributed by atoms with Crippen molar-refractivity contribution in [3.05, 3.63) is 66.2 Å². The molecule has 4 nitrogen and oxygen atoms in total. The summed E-state index contributed by atoms with van der Waals surface area (Å²) in [4.78, 5) is 0. The van der Waals surface area contributed by atoms with Crippen LogP contribution in [0.4, 0.5) is 4.39 Å². The molecule has 130 valence electrons. The van der Waals surface area contributed by atoms with Gasteiger partial charge < -0.3 is 4.74 Å². The van der Waals surface area contributed by atoms with Gasteiger partial charge in [-0.1, -0.05) is 31.2 Å². The summed E-state index contributed by atoms with van der Waals surface area (Å²) in [6, 6.07) is 12.4. The van der Waals surface area contributed by atoms with E-state index < -0.39 is 0 Å². The Kier molecular flexibility index (Phi) is 6.46. The number of pyridine rings is 1. The smallest absolute Gasteiger partial charge is 0.179 e. The van der Waals surface area contributed by atoms with Crippen LogP contribution in [0, 0.1) is 11.2 Å². The first-order valence-electron chi connectivity index (χ1n) is 8.08. The maximum Gasteiger partial charge on any atom is 0.179 e. The van der Waals surface area contributed by atoms with E-state index in [1.165, 1.54) is 19.2 Å². The van der Waals surface area contributed by atoms with E-state index in [9.17, 15) is 4.39 Å². The lowest BCUT2D eigenvalue weighted by Crippen LogP contribution is -1.93. The molecular weight excluding hydrogens is 317 g/mol. The monoisotopic (exact) mass is 339 g/mol. The Hall–Kier alpha value is -2.95. The average molecular weight is 339 g/mol. The number of benzene rings is 1. The summed E-state index contributed by atoms with van der Waals surface area (Å²) in [5, 5.41) is 11.3. The lowest BCUT2D eigenvalue weighted by molar-refractivity contribution is 0.388. The molecule has 0 atom stereocenters. The van der Waals surface area contributed by atoms with Crippen molar-refractivity contribution in [2.75, 3.05) is 7.11 Å². The molecule has 3 aromatic rings. The van der Waals surface area contributed by atoms with Crippen molar-refractivity contribution in [3.8, 4) is 11.1 Å². The predicted molar refractivity (Wildman–Crippen MR) is 100 cm³/mol. The molecule has 0 spiro atoms. The normalized spacial score (nSPS) is 10.6. The molecule has 0 aliphatic heterocycles. The second-order valence-electron chi connectivity index (χ2n) is 5.28. The third-order valence-corrected chi connectivity index (χ3v) is 3.59. The number of halogens is 1. The van der Waals surface area contributed by atoms with Crippen molar-refractivity contribution in [2.45, 2.75) is 20.3 Å². The van der Waals surface area contributed by atoms with Crippen LogP contribution in [-0.4, -0.2) is 22.6 Å². The molecule has 0 bridgehead atoms. The Balaban J connectivity index is 0.000000326. The quantitative estimate of drug-likeness (QED) is 0.527. The molecule has 0 aliphatic rings. The summed E-state index contributed by atoms with van der Waals surface area (Å²) in [7, 11) is 1.51. The molecule has 1 N–H and O–H groups in total. The van der Waals surface area contributed by atoms with E-state index in [1.54, 1.807) is 12.1 Å². The van der Waals surface area contributed by atoms with Crippen LogP contribution in [0.2, 0.25) is 0 Å².